The van der Waals surface area contributed by atoms with E-state index in [1.165, 1.54) is 17.6 Å². The second kappa shape index (κ2) is 14.2. The third-order valence-electron chi connectivity index (χ3n) is 9.74. The Morgan fingerprint density at radius 1 is 1.23 bits per heavy atom. The first-order chi connectivity index (χ1) is 19.1. The lowest BCUT2D eigenvalue weighted by Gasteiger charge is -2.31. The van der Waals surface area contributed by atoms with Crippen molar-refractivity contribution >= 4 is 17.1 Å². The molecule has 3 N–H and O–H groups in total. The number of hydrogen-bond donors (Lipinski definition) is 2. The molecular formula is C33H52ClN3O3. The number of aliphatic hydroxyl groups excluding tert-OH is 1. The molecule has 4 rings (SSSR count). The zero-order valence-electron chi connectivity index (χ0n) is 25.3. The van der Waals surface area contributed by atoms with Crippen LogP contribution in [0.5, 0.6) is 0 Å². The number of ether oxygens (including phenoxy) is 2. The van der Waals surface area contributed by atoms with E-state index >= 15 is 0 Å². The molecule has 1 aliphatic heterocycles. The highest BCUT2D eigenvalue weighted by atomic mass is 35.5. The van der Waals surface area contributed by atoms with Crippen LogP contribution in [0.2, 0.25) is 5.02 Å². The minimum absolute atomic E-state index is 0.279. The molecule has 40 heavy (non-hydrogen) atoms. The summed E-state index contributed by atoms with van der Waals surface area (Å²) in [5.74, 6) is 4.85. The molecule has 0 spiro atoms. The van der Waals surface area contributed by atoms with Crippen LogP contribution in [-0.4, -0.2) is 53.6 Å². The smallest absolute Gasteiger partial charge is 0.113 e. The van der Waals surface area contributed by atoms with E-state index in [4.69, 9.17) is 26.8 Å². The molecule has 1 unspecified atom stereocenters. The van der Waals surface area contributed by atoms with Crippen LogP contribution in [0, 0.1) is 41.4 Å². The van der Waals surface area contributed by atoms with Gasteiger partial charge in [0.15, 0.2) is 0 Å². The van der Waals surface area contributed by atoms with Crippen LogP contribution in [0.3, 0.4) is 0 Å². The van der Waals surface area contributed by atoms with Crippen molar-refractivity contribution in [2.45, 2.75) is 84.8 Å². The molecule has 0 aromatic carbocycles. The minimum Gasteiger partial charge on any atom is -0.391 e. The molecule has 224 valence electrons. The maximum atomic E-state index is 11.3. The number of pyridine rings is 1. The number of hydrogen-bond acceptors (Lipinski definition) is 5. The number of methoxy groups -OCH3 is 1. The number of nitrogens with two attached hydrogens (primary N) is 1. The summed E-state index contributed by atoms with van der Waals surface area (Å²) in [5.41, 5.74) is 10.1. The number of aromatic nitrogens is 2. The van der Waals surface area contributed by atoms with E-state index in [-0.39, 0.29) is 12.0 Å². The second-order valence-corrected chi connectivity index (χ2v) is 13.6. The maximum Gasteiger partial charge on any atom is 0.113 e. The van der Waals surface area contributed by atoms with E-state index in [2.05, 4.69) is 55.9 Å². The van der Waals surface area contributed by atoms with Gasteiger partial charge < -0.3 is 24.7 Å². The Bertz CT molecular complexity index is 1110. The quantitative estimate of drug-likeness (QED) is 0.170. The van der Waals surface area contributed by atoms with E-state index in [9.17, 15) is 5.11 Å². The number of imidazole rings is 1. The number of aryl methyl sites for hydroxylation is 1. The first kappa shape index (κ1) is 31.5. The van der Waals surface area contributed by atoms with Gasteiger partial charge in [-0.1, -0.05) is 51.4 Å². The Morgan fingerprint density at radius 3 is 2.60 bits per heavy atom. The predicted molar refractivity (Wildman–Crippen MR) is 164 cm³/mol. The van der Waals surface area contributed by atoms with Crippen molar-refractivity contribution in [2.75, 3.05) is 26.9 Å². The summed E-state index contributed by atoms with van der Waals surface area (Å²) in [7, 11) is 1.72. The molecule has 2 aliphatic rings. The highest BCUT2D eigenvalue weighted by Gasteiger charge is 2.53. The molecule has 2 fully saturated rings. The van der Waals surface area contributed by atoms with Crippen molar-refractivity contribution in [1.29, 1.82) is 0 Å². The van der Waals surface area contributed by atoms with Gasteiger partial charge in [0.2, 0.25) is 0 Å². The fraction of sp³-hybridized carbons (Fsp3) is 0.727. The normalized spacial score (nSPS) is 23.5. The van der Waals surface area contributed by atoms with Gasteiger partial charge in [0.25, 0.3) is 0 Å². The maximum absolute atomic E-state index is 11.3. The summed E-state index contributed by atoms with van der Waals surface area (Å²) in [6.45, 7) is 16.0. The van der Waals surface area contributed by atoms with Crippen LogP contribution in [-0.2, 0) is 22.3 Å². The van der Waals surface area contributed by atoms with Crippen LogP contribution in [0.4, 0.5) is 0 Å². The standard InChI is InChI=1S/C33H52ClN3O3/c1-20(2)24(12-23-13-29(34)31-16-36-33(37(31)17-23)8-7-11-39-6)14-30(35)32(38)15-26(21(3)4)22(5)9-10-25-27-18-40-19-28(25)27/h13,16-17,20-21,24-28,30,32,38H,5,7-12,14-15,18-19,35H2,1-4,6H3/t24-,25?,26-,27-,28+,30-,32-/m0/s1. The number of halogens is 1. The van der Waals surface area contributed by atoms with Crippen LogP contribution in [0.1, 0.15) is 71.2 Å². The van der Waals surface area contributed by atoms with Gasteiger partial charge in [-0.15, -0.1) is 0 Å². The van der Waals surface area contributed by atoms with Gasteiger partial charge >= 0.3 is 0 Å². The third kappa shape index (κ3) is 7.69. The Balaban J connectivity index is 1.35. The molecule has 2 aromatic rings. The van der Waals surface area contributed by atoms with Gasteiger partial charge in [-0.25, -0.2) is 4.98 Å². The van der Waals surface area contributed by atoms with Crippen molar-refractivity contribution < 1.29 is 14.6 Å². The highest BCUT2D eigenvalue weighted by molar-refractivity contribution is 6.33. The number of rotatable bonds is 17. The van der Waals surface area contributed by atoms with Gasteiger partial charge in [0, 0.05) is 32.4 Å². The number of nitrogens with zero attached hydrogens (tertiary/aromatic N) is 2. The van der Waals surface area contributed by atoms with Gasteiger partial charge in [-0.3, -0.25) is 0 Å². The van der Waals surface area contributed by atoms with E-state index in [0.29, 0.717) is 30.8 Å². The van der Waals surface area contributed by atoms with Crippen LogP contribution >= 0.6 is 11.6 Å². The summed E-state index contributed by atoms with van der Waals surface area (Å²) < 4.78 is 12.9. The molecule has 3 heterocycles. The molecule has 6 nitrogen and oxygen atoms in total. The topological polar surface area (TPSA) is 82.0 Å². The molecule has 7 atom stereocenters. The lowest BCUT2D eigenvalue weighted by molar-refractivity contribution is 0.0968. The molecule has 7 heteroatoms. The Labute approximate surface area is 246 Å². The lowest BCUT2D eigenvalue weighted by atomic mass is 9.78. The van der Waals surface area contributed by atoms with Gasteiger partial charge in [0.05, 0.1) is 36.1 Å². The fourth-order valence-electron chi connectivity index (χ4n) is 6.90. The summed E-state index contributed by atoms with van der Waals surface area (Å²) >= 11 is 6.68. The molecule has 2 aromatic heterocycles. The third-order valence-corrected chi connectivity index (χ3v) is 10.0. The summed E-state index contributed by atoms with van der Waals surface area (Å²) in [6.07, 6.45) is 9.78. The van der Waals surface area contributed by atoms with Gasteiger partial charge in [-0.05, 0) is 91.6 Å². The van der Waals surface area contributed by atoms with E-state index in [0.717, 1.165) is 79.4 Å². The van der Waals surface area contributed by atoms with Gasteiger partial charge in [0.1, 0.15) is 5.82 Å². The molecule has 0 bridgehead atoms. The Hall–Kier alpha value is -1.44. The molecule has 0 amide bonds. The van der Waals surface area contributed by atoms with Crippen molar-refractivity contribution in [3.8, 4) is 0 Å². The van der Waals surface area contributed by atoms with E-state index in [1.807, 2.05) is 6.20 Å². The van der Waals surface area contributed by atoms with Crippen LogP contribution < -0.4 is 5.73 Å². The summed E-state index contributed by atoms with van der Waals surface area (Å²) in [6, 6.07) is 1.78. The summed E-state index contributed by atoms with van der Waals surface area (Å²) in [4.78, 5) is 4.61. The van der Waals surface area contributed by atoms with Crippen LogP contribution in [0.25, 0.3) is 5.52 Å². The number of allylic oxidation sites excluding steroid dienone is 1. The fourth-order valence-corrected chi connectivity index (χ4v) is 7.18. The van der Waals surface area contributed by atoms with Crippen molar-refractivity contribution in [3.63, 3.8) is 0 Å². The molecule has 0 radical (unpaired) electrons. The SMILES string of the molecule is C=C(CCC1[C@H]2COC[C@@H]12)[C@@H](C[C@H](O)[C@@H](N)C[C@H](Cc1cc(Cl)c2cnc(CCCOC)n2c1)C(C)C)C(C)C. The van der Waals surface area contributed by atoms with Crippen LogP contribution in [0.15, 0.2) is 30.6 Å². The lowest BCUT2D eigenvalue weighted by Crippen LogP contribution is -2.39. The predicted octanol–water partition coefficient (Wildman–Crippen LogP) is 6.35. The zero-order chi connectivity index (χ0) is 29.0. The van der Waals surface area contributed by atoms with E-state index < -0.39 is 6.10 Å². The zero-order valence-corrected chi connectivity index (χ0v) is 26.1. The highest BCUT2D eigenvalue weighted by Crippen LogP contribution is 2.53. The monoisotopic (exact) mass is 573 g/mol. The minimum atomic E-state index is -0.550. The second-order valence-electron chi connectivity index (χ2n) is 13.2. The average molecular weight is 574 g/mol. The average Bonchev–Trinajstić information content (AvgIpc) is 3.21. The molecule has 1 saturated heterocycles. The Kier molecular flexibility index (Phi) is 11.1. The van der Waals surface area contributed by atoms with Crippen molar-refractivity contribution in [2.24, 2.45) is 47.2 Å². The Morgan fingerprint density at radius 2 is 1.95 bits per heavy atom. The van der Waals surface area contributed by atoms with E-state index in [1.54, 1.807) is 7.11 Å². The largest absolute Gasteiger partial charge is 0.391 e. The number of aliphatic hydroxyl groups is 1. The number of fused-ring (bicyclic) bond motifs is 2. The first-order valence-corrected chi connectivity index (χ1v) is 15.8. The molecule has 1 saturated carbocycles. The summed E-state index contributed by atoms with van der Waals surface area (Å²) in [5, 5.41) is 12.0. The first-order valence-electron chi connectivity index (χ1n) is 15.4. The van der Waals surface area contributed by atoms with Crippen molar-refractivity contribution in [3.05, 3.63) is 47.0 Å². The molecule has 1 aliphatic carbocycles. The van der Waals surface area contributed by atoms with Gasteiger partial charge in [-0.2, -0.15) is 0 Å². The van der Waals surface area contributed by atoms with Crippen molar-refractivity contribution in [1.82, 2.24) is 9.38 Å². The molecular weight excluding hydrogens is 522 g/mol.